The van der Waals surface area contributed by atoms with Gasteiger partial charge in [0, 0.05) is 31.8 Å². The van der Waals surface area contributed by atoms with E-state index in [-0.39, 0.29) is 23.0 Å². The van der Waals surface area contributed by atoms with Gasteiger partial charge in [-0.2, -0.15) is 0 Å². The van der Waals surface area contributed by atoms with Crippen molar-refractivity contribution in [1.29, 1.82) is 0 Å². The van der Waals surface area contributed by atoms with Gasteiger partial charge in [0.2, 0.25) is 5.78 Å². The molecule has 4 rings (SSSR count). The standard InChI is InChI=1S/C20H18N2O6/c23-17-5-4-15-19(24)18(11-13-2-1-3-14(10-13)22(25)26)28-20(15)16(17)12-21-6-8-27-9-7-21/h1-5,10-11,23H,6-9,12H2/b18-11+. The predicted octanol–water partition coefficient (Wildman–Crippen LogP) is 2.75. The summed E-state index contributed by atoms with van der Waals surface area (Å²) >= 11 is 0. The molecule has 1 N–H and O–H groups in total. The van der Waals surface area contributed by atoms with Crippen LogP contribution in [-0.4, -0.2) is 47.0 Å². The van der Waals surface area contributed by atoms with E-state index in [2.05, 4.69) is 4.90 Å². The van der Waals surface area contributed by atoms with E-state index in [1.165, 1.54) is 30.3 Å². The highest BCUT2D eigenvalue weighted by atomic mass is 16.6. The van der Waals surface area contributed by atoms with Gasteiger partial charge < -0.3 is 14.6 Å². The molecule has 2 heterocycles. The molecule has 0 atom stereocenters. The first-order valence-corrected chi connectivity index (χ1v) is 8.86. The molecule has 1 fully saturated rings. The Morgan fingerprint density at radius 1 is 1.21 bits per heavy atom. The summed E-state index contributed by atoms with van der Waals surface area (Å²) in [4.78, 5) is 25.3. The molecule has 28 heavy (non-hydrogen) atoms. The van der Waals surface area contributed by atoms with Crippen molar-refractivity contribution in [2.24, 2.45) is 0 Å². The number of hydrogen-bond donors (Lipinski definition) is 1. The van der Waals surface area contributed by atoms with Crippen LogP contribution < -0.4 is 4.74 Å². The minimum absolute atomic E-state index is 0.0645. The molecule has 0 amide bonds. The zero-order valence-corrected chi connectivity index (χ0v) is 15.0. The number of aromatic hydroxyl groups is 1. The minimum Gasteiger partial charge on any atom is -0.507 e. The number of carbonyl (C=O) groups is 1. The zero-order chi connectivity index (χ0) is 19.7. The highest BCUT2D eigenvalue weighted by Crippen LogP contribution is 2.40. The highest BCUT2D eigenvalue weighted by Gasteiger charge is 2.32. The van der Waals surface area contributed by atoms with Crippen molar-refractivity contribution < 1.29 is 24.3 Å². The molecule has 0 aliphatic carbocycles. The monoisotopic (exact) mass is 382 g/mol. The van der Waals surface area contributed by atoms with Crippen molar-refractivity contribution in [1.82, 2.24) is 4.90 Å². The molecule has 0 radical (unpaired) electrons. The second-order valence-electron chi connectivity index (χ2n) is 6.62. The number of morpholine rings is 1. The van der Waals surface area contributed by atoms with Gasteiger partial charge in [-0.3, -0.25) is 19.8 Å². The van der Waals surface area contributed by atoms with Crippen molar-refractivity contribution >= 4 is 17.5 Å². The fourth-order valence-electron chi connectivity index (χ4n) is 3.31. The maximum Gasteiger partial charge on any atom is 0.270 e. The number of Topliss-reactive ketones (excluding diaryl/α,β-unsaturated/α-hetero) is 1. The van der Waals surface area contributed by atoms with Gasteiger partial charge in [0.15, 0.2) is 5.76 Å². The first-order valence-electron chi connectivity index (χ1n) is 8.86. The van der Waals surface area contributed by atoms with Gasteiger partial charge in [-0.25, -0.2) is 0 Å². The summed E-state index contributed by atoms with van der Waals surface area (Å²) in [7, 11) is 0. The van der Waals surface area contributed by atoms with Crippen LogP contribution in [0, 0.1) is 10.1 Å². The maximum atomic E-state index is 12.7. The number of hydrogen-bond acceptors (Lipinski definition) is 7. The van der Waals surface area contributed by atoms with E-state index in [1.54, 1.807) is 12.1 Å². The first kappa shape index (κ1) is 18.1. The third-order valence-electron chi connectivity index (χ3n) is 4.78. The molecule has 2 aromatic rings. The molecule has 0 bridgehead atoms. The highest BCUT2D eigenvalue weighted by molar-refractivity contribution is 6.15. The van der Waals surface area contributed by atoms with Gasteiger partial charge in [0.1, 0.15) is 11.5 Å². The maximum absolute atomic E-state index is 12.7. The number of non-ortho nitro benzene ring substituents is 1. The SMILES string of the molecule is O=C1/C(=C\c2cccc([N+](=O)[O-])c2)Oc2c1ccc(O)c2CN1CCOCC1. The number of phenolic OH excluding ortho intramolecular Hbond substituents is 1. The van der Waals surface area contributed by atoms with Gasteiger partial charge in [0.25, 0.3) is 5.69 Å². The van der Waals surface area contributed by atoms with Crippen LogP contribution in [0.1, 0.15) is 21.5 Å². The molecule has 2 aliphatic heterocycles. The number of ether oxygens (including phenoxy) is 2. The van der Waals surface area contributed by atoms with Gasteiger partial charge in [0.05, 0.1) is 29.3 Å². The number of nitrogens with zero attached hydrogens (tertiary/aromatic N) is 2. The molecule has 0 spiro atoms. The molecule has 2 aromatic carbocycles. The number of benzene rings is 2. The predicted molar refractivity (Wildman–Crippen MR) is 100 cm³/mol. The fraction of sp³-hybridized carbons (Fsp3) is 0.250. The third kappa shape index (κ3) is 3.47. The molecule has 8 nitrogen and oxygen atoms in total. The smallest absolute Gasteiger partial charge is 0.270 e. The quantitative estimate of drug-likeness (QED) is 0.493. The van der Waals surface area contributed by atoms with E-state index >= 15 is 0 Å². The topological polar surface area (TPSA) is 102 Å². The number of ketones is 1. The normalized spacial score (nSPS) is 18.1. The van der Waals surface area contributed by atoms with Crippen LogP contribution in [0.15, 0.2) is 42.2 Å². The van der Waals surface area contributed by atoms with Crippen molar-refractivity contribution in [3.8, 4) is 11.5 Å². The van der Waals surface area contributed by atoms with Gasteiger partial charge in [-0.15, -0.1) is 0 Å². The molecule has 8 heteroatoms. The average molecular weight is 382 g/mol. The summed E-state index contributed by atoms with van der Waals surface area (Å²) in [6.07, 6.45) is 1.48. The molecule has 144 valence electrons. The lowest BCUT2D eigenvalue weighted by atomic mass is 10.0. The lowest BCUT2D eigenvalue weighted by Crippen LogP contribution is -2.35. The molecule has 2 aliphatic rings. The number of fused-ring (bicyclic) bond motifs is 1. The third-order valence-corrected chi connectivity index (χ3v) is 4.78. The second kappa shape index (κ2) is 7.41. The molecule has 0 saturated carbocycles. The van der Waals surface area contributed by atoms with E-state index in [0.29, 0.717) is 42.2 Å². The Morgan fingerprint density at radius 3 is 2.75 bits per heavy atom. The Morgan fingerprint density at radius 2 is 2.00 bits per heavy atom. The van der Waals surface area contributed by atoms with Crippen molar-refractivity contribution in [3.63, 3.8) is 0 Å². The Bertz CT molecular complexity index is 979. The van der Waals surface area contributed by atoms with Crippen LogP contribution in [0.4, 0.5) is 5.69 Å². The van der Waals surface area contributed by atoms with Crippen molar-refractivity contribution in [2.45, 2.75) is 6.54 Å². The molecule has 1 saturated heterocycles. The number of carbonyl (C=O) groups excluding carboxylic acids is 1. The van der Waals surface area contributed by atoms with Crippen LogP contribution in [0.5, 0.6) is 11.5 Å². The number of nitro benzene ring substituents is 1. The summed E-state index contributed by atoms with van der Waals surface area (Å²) in [6.45, 7) is 3.14. The Kier molecular flexibility index (Phi) is 4.81. The van der Waals surface area contributed by atoms with Crippen molar-refractivity contribution in [2.75, 3.05) is 26.3 Å². The number of allylic oxidation sites excluding steroid dienone is 1. The van der Waals surface area contributed by atoms with E-state index < -0.39 is 4.92 Å². The second-order valence-corrected chi connectivity index (χ2v) is 6.62. The number of phenols is 1. The lowest BCUT2D eigenvalue weighted by molar-refractivity contribution is -0.384. The van der Waals surface area contributed by atoms with Crippen molar-refractivity contribution in [3.05, 3.63) is 69.0 Å². The summed E-state index contributed by atoms with van der Waals surface area (Å²) in [5, 5.41) is 21.3. The van der Waals surface area contributed by atoms with Gasteiger partial charge in [-0.05, 0) is 23.8 Å². The lowest BCUT2D eigenvalue weighted by Gasteiger charge is -2.27. The average Bonchev–Trinajstić information content (AvgIpc) is 3.01. The zero-order valence-electron chi connectivity index (χ0n) is 15.0. The molecular weight excluding hydrogens is 364 g/mol. The van der Waals surface area contributed by atoms with E-state index in [1.807, 2.05) is 0 Å². The van der Waals surface area contributed by atoms with E-state index in [9.17, 15) is 20.0 Å². The fourth-order valence-corrected chi connectivity index (χ4v) is 3.31. The van der Waals surface area contributed by atoms with Crippen LogP contribution in [0.3, 0.4) is 0 Å². The summed E-state index contributed by atoms with van der Waals surface area (Å²) < 4.78 is 11.1. The van der Waals surface area contributed by atoms with Gasteiger partial charge in [-0.1, -0.05) is 12.1 Å². The van der Waals surface area contributed by atoms with E-state index in [4.69, 9.17) is 9.47 Å². The van der Waals surface area contributed by atoms with E-state index in [0.717, 1.165) is 13.1 Å². The van der Waals surface area contributed by atoms with Crippen LogP contribution in [0.2, 0.25) is 0 Å². The number of nitro groups is 1. The van der Waals surface area contributed by atoms with Crippen LogP contribution >= 0.6 is 0 Å². The Balaban J connectivity index is 1.65. The summed E-state index contributed by atoms with van der Waals surface area (Å²) in [6, 6.07) is 8.99. The summed E-state index contributed by atoms with van der Waals surface area (Å²) in [5.74, 6) is 0.164. The van der Waals surface area contributed by atoms with Crippen LogP contribution in [0.25, 0.3) is 6.08 Å². The summed E-state index contributed by atoms with van der Waals surface area (Å²) in [5.41, 5.74) is 1.35. The Labute approximate surface area is 160 Å². The number of rotatable bonds is 4. The first-order chi connectivity index (χ1) is 13.5. The Hall–Kier alpha value is -3.23. The molecular formula is C20H18N2O6. The van der Waals surface area contributed by atoms with Gasteiger partial charge >= 0.3 is 0 Å². The van der Waals surface area contributed by atoms with Crippen LogP contribution in [-0.2, 0) is 11.3 Å². The largest absolute Gasteiger partial charge is 0.507 e. The molecule has 0 unspecified atom stereocenters. The molecule has 0 aromatic heterocycles. The minimum atomic E-state index is -0.493.